The highest BCUT2D eigenvalue weighted by Gasteiger charge is 2.47. The summed E-state index contributed by atoms with van der Waals surface area (Å²) in [5, 5.41) is 20.1. The molecule has 5 heteroatoms. The molecule has 0 amide bonds. The van der Waals surface area contributed by atoms with Gasteiger partial charge in [-0.25, -0.2) is 0 Å². The summed E-state index contributed by atoms with van der Waals surface area (Å²) in [5.74, 6) is 0.314. The van der Waals surface area contributed by atoms with Crippen LogP contribution in [-0.2, 0) is 15.0 Å². The largest absolute Gasteiger partial charge is 0.508 e. The van der Waals surface area contributed by atoms with E-state index in [4.69, 9.17) is 9.84 Å². The Morgan fingerprint density at radius 2 is 1.85 bits per heavy atom. The van der Waals surface area contributed by atoms with Crippen LogP contribution in [0.15, 0.2) is 23.8 Å². The molecule has 1 aromatic carbocycles. The normalized spacial score (nSPS) is 21.1. The molecular weight excluding hydrogens is 428 g/mol. The molecule has 2 N–H and O–H groups in total. The zero-order valence-electron chi connectivity index (χ0n) is 21.6. The second-order valence-electron chi connectivity index (χ2n) is 11.4. The van der Waals surface area contributed by atoms with Gasteiger partial charge in [0.15, 0.2) is 5.78 Å². The van der Waals surface area contributed by atoms with Crippen LogP contribution < -0.4 is 4.74 Å². The molecule has 5 nitrogen and oxygen atoms in total. The molecule has 0 unspecified atom stereocenters. The zero-order chi connectivity index (χ0) is 25.1. The highest BCUT2D eigenvalue weighted by Crippen LogP contribution is 2.55. The summed E-state index contributed by atoms with van der Waals surface area (Å²) < 4.78 is 6.50. The lowest BCUT2D eigenvalue weighted by atomic mass is 9.66. The fourth-order valence-corrected chi connectivity index (χ4v) is 5.71. The van der Waals surface area contributed by atoms with Crippen molar-refractivity contribution in [3.05, 3.63) is 34.9 Å². The van der Waals surface area contributed by atoms with E-state index < -0.39 is 11.6 Å². The van der Waals surface area contributed by atoms with Gasteiger partial charge in [-0.15, -0.1) is 0 Å². The van der Waals surface area contributed by atoms with Gasteiger partial charge in [-0.1, -0.05) is 52.5 Å². The first-order chi connectivity index (χ1) is 16.0. The number of aliphatic carboxylic acids is 1. The van der Waals surface area contributed by atoms with Crippen LogP contribution in [0.25, 0.3) is 0 Å². The molecular formula is C29H42O5. The van der Waals surface area contributed by atoms with Crippen LogP contribution in [0.3, 0.4) is 0 Å². The SMILES string of the molecule is CCCCCCC(C)(C)c1cc(O)c2c(c1)OC(C)(C)[C@@H]1CC=C(C(=O)CCCC(=O)O)C[C@@H]21. The number of carbonyl (C=O) groups is 2. The van der Waals surface area contributed by atoms with Crippen molar-refractivity contribution in [2.24, 2.45) is 5.92 Å². The maximum absolute atomic E-state index is 12.8. The van der Waals surface area contributed by atoms with Gasteiger partial charge in [-0.05, 0) is 68.2 Å². The number of carbonyl (C=O) groups excluding carboxylic acids is 1. The van der Waals surface area contributed by atoms with Crippen molar-refractivity contribution in [3.63, 3.8) is 0 Å². The Morgan fingerprint density at radius 3 is 2.53 bits per heavy atom. The summed E-state index contributed by atoms with van der Waals surface area (Å²) in [7, 11) is 0. The van der Waals surface area contributed by atoms with E-state index >= 15 is 0 Å². The molecule has 0 saturated heterocycles. The van der Waals surface area contributed by atoms with Gasteiger partial charge in [-0.3, -0.25) is 9.59 Å². The number of allylic oxidation sites excluding steroid dienone is 2. The number of Topliss-reactive ketones (excluding diaryl/α,β-unsaturated/α-hetero) is 1. The predicted octanol–water partition coefficient (Wildman–Crippen LogP) is 7.06. The molecule has 188 valence electrons. The van der Waals surface area contributed by atoms with E-state index in [-0.39, 0.29) is 41.6 Å². The summed E-state index contributed by atoms with van der Waals surface area (Å²) >= 11 is 0. The third kappa shape index (κ3) is 5.84. The number of phenolic OH excluding ortho intramolecular Hbond substituents is 1. The molecule has 3 rings (SSSR count). The van der Waals surface area contributed by atoms with Crippen molar-refractivity contribution in [3.8, 4) is 11.5 Å². The van der Waals surface area contributed by atoms with Crippen molar-refractivity contribution in [1.29, 1.82) is 0 Å². The van der Waals surface area contributed by atoms with Gasteiger partial charge in [0.25, 0.3) is 0 Å². The minimum atomic E-state index is -0.875. The number of benzene rings is 1. The number of carboxylic acids is 1. The van der Waals surface area contributed by atoms with E-state index in [1.54, 1.807) is 0 Å². The number of unbranched alkanes of at least 4 members (excludes halogenated alkanes) is 3. The van der Waals surface area contributed by atoms with Crippen LogP contribution in [0.1, 0.15) is 116 Å². The first-order valence-electron chi connectivity index (χ1n) is 13.0. The van der Waals surface area contributed by atoms with E-state index in [1.165, 1.54) is 19.3 Å². The Balaban J connectivity index is 1.85. The Morgan fingerprint density at radius 1 is 1.12 bits per heavy atom. The van der Waals surface area contributed by atoms with Crippen LogP contribution in [0.2, 0.25) is 0 Å². The Kier molecular flexibility index (Phi) is 8.15. The lowest BCUT2D eigenvalue weighted by Gasteiger charge is -2.47. The monoisotopic (exact) mass is 470 g/mol. The van der Waals surface area contributed by atoms with Gasteiger partial charge in [0.05, 0.1) is 0 Å². The van der Waals surface area contributed by atoms with E-state index in [2.05, 4.69) is 40.7 Å². The van der Waals surface area contributed by atoms with Crippen LogP contribution in [0, 0.1) is 5.92 Å². The average molecular weight is 471 g/mol. The summed E-state index contributed by atoms with van der Waals surface area (Å²) in [6.45, 7) is 10.9. The number of phenols is 1. The van der Waals surface area contributed by atoms with Crippen molar-refractivity contribution < 1.29 is 24.5 Å². The number of ether oxygens (including phenoxy) is 1. The van der Waals surface area contributed by atoms with Crippen molar-refractivity contribution in [2.75, 3.05) is 0 Å². The van der Waals surface area contributed by atoms with Gasteiger partial charge >= 0.3 is 5.97 Å². The standard InChI is InChI=1S/C29H42O5/c1-6-7-8-9-15-28(2,3)20-17-24(31)27-21-16-19(23(30)11-10-12-26(32)33)13-14-22(21)29(4,5)34-25(27)18-20/h13,17-18,21-22,31H,6-12,14-16H2,1-5H3,(H,32,33)/t21-,22-/m1/s1. The smallest absolute Gasteiger partial charge is 0.303 e. The van der Waals surface area contributed by atoms with E-state index in [9.17, 15) is 14.7 Å². The first-order valence-corrected chi connectivity index (χ1v) is 13.0. The molecule has 2 atom stereocenters. The summed E-state index contributed by atoms with van der Waals surface area (Å²) in [5.41, 5.74) is 2.18. The summed E-state index contributed by atoms with van der Waals surface area (Å²) in [4.78, 5) is 23.6. The van der Waals surface area contributed by atoms with Crippen LogP contribution >= 0.6 is 0 Å². The summed E-state index contributed by atoms with van der Waals surface area (Å²) in [6, 6.07) is 4.02. The van der Waals surface area contributed by atoms with Gasteiger partial charge in [-0.2, -0.15) is 0 Å². The maximum atomic E-state index is 12.8. The van der Waals surface area contributed by atoms with Gasteiger partial charge in [0, 0.05) is 30.2 Å². The van der Waals surface area contributed by atoms with Crippen LogP contribution in [0.5, 0.6) is 11.5 Å². The molecule has 1 aromatic rings. The molecule has 0 spiro atoms. The van der Waals surface area contributed by atoms with E-state index in [0.717, 1.165) is 35.3 Å². The van der Waals surface area contributed by atoms with Gasteiger partial charge in [0.1, 0.15) is 17.1 Å². The summed E-state index contributed by atoms with van der Waals surface area (Å²) in [6.07, 6.45) is 9.78. The van der Waals surface area contributed by atoms with Crippen molar-refractivity contribution in [1.82, 2.24) is 0 Å². The number of carboxylic acid groups (broad SMARTS) is 1. The van der Waals surface area contributed by atoms with Crippen molar-refractivity contribution >= 4 is 11.8 Å². The highest BCUT2D eigenvalue weighted by atomic mass is 16.5. The minimum absolute atomic E-state index is 0.00360. The average Bonchev–Trinajstić information content (AvgIpc) is 2.75. The van der Waals surface area contributed by atoms with E-state index in [0.29, 0.717) is 19.3 Å². The molecule has 0 saturated carbocycles. The molecule has 2 aliphatic rings. The number of aromatic hydroxyl groups is 1. The Hall–Kier alpha value is -2.30. The fourth-order valence-electron chi connectivity index (χ4n) is 5.71. The van der Waals surface area contributed by atoms with Crippen LogP contribution in [-0.4, -0.2) is 27.6 Å². The third-order valence-electron chi connectivity index (χ3n) is 7.89. The Labute approximate surface area is 204 Å². The van der Waals surface area contributed by atoms with Gasteiger partial charge < -0.3 is 14.9 Å². The quantitative estimate of drug-likeness (QED) is 0.338. The van der Waals surface area contributed by atoms with Crippen LogP contribution in [0.4, 0.5) is 0 Å². The lowest BCUT2D eigenvalue weighted by molar-refractivity contribution is -0.137. The third-order valence-corrected chi connectivity index (χ3v) is 7.89. The number of hydrogen-bond acceptors (Lipinski definition) is 4. The zero-order valence-corrected chi connectivity index (χ0v) is 21.6. The molecule has 0 radical (unpaired) electrons. The lowest BCUT2D eigenvalue weighted by Crippen LogP contribution is -2.46. The molecule has 1 aliphatic heterocycles. The van der Waals surface area contributed by atoms with Gasteiger partial charge in [0.2, 0.25) is 0 Å². The minimum Gasteiger partial charge on any atom is -0.508 e. The number of fused-ring (bicyclic) bond motifs is 3. The molecule has 1 aliphatic carbocycles. The number of rotatable bonds is 11. The predicted molar refractivity (Wildman–Crippen MR) is 135 cm³/mol. The van der Waals surface area contributed by atoms with E-state index in [1.807, 2.05) is 12.1 Å². The number of hydrogen-bond donors (Lipinski definition) is 2. The first kappa shape index (κ1) is 26.3. The highest BCUT2D eigenvalue weighted by molar-refractivity contribution is 5.95. The fraction of sp³-hybridized carbons (Fsp3) is 0.655. The molecule has 0 bridgehead atoms. The molecule has 0 aromatic heterocycles. The molecule has 0 fully saturated rings. The molecule has 34 heavy (non-hydrogen) atoms. The number of ketones is 1. The second kappa shape index (κ2) is 10.5. The topological polar surface area (TPSA) is 83.8 Å². The second-order valence-corrected chi connectivity index (χ2v) is 11.4. The maximum Gasteiger partial charge on any atom is 0.303 e. The van der Waals surface area contributed by atoms with Crippen molar-refractivity contribution in [2.45, 2.75) is 116 Å². The molecule has 1 heterocycles. The Bertz CT molecular complexity index is 940.